The van der Waals surface area contributed by atoms with Gasteiger partial charge in [-0.25, -0.2) is 4.79 Å². The molecule has 0 aromatic carbocycles. The fraction of sp³-hybridized carbons (Fsp3) is 0.889. The molecule has 5 heteroatoms. The molecular formula is C9H20N2O3. The van der Waals surface area contributed by atoms with Crippen molar-refractivity contribution in [3.05, 3.63) is 0 Å². The van der Waals surface area contributed by atoms with Crippen molar-refractivity contribution in [1.82, 2.24) is 5.32 Å². The summed E-state index contributed by atoms with van der Waals surface area (Å²) in [5.41, 5.74) is 5.28. The minimum atomic E-state index is -0.389. The Hall–Kier alpha value is -0.810. The molecule has 14 heavy (non-hydrogen) atoms. The number of ether oxygens (including phenoxy) is 1. The van der Waals surface area contributed by atoms with Crippen molar-refractivity contribution in [3.8, 4) is 0 Å². The molecule has 0 saturated carbocycles. The van der Waals surface area contributed by atoms with Crippen LogP contribution in [-0.2, 0) is 4.74 Å². The molecule has 1 amide bonds. The van der Waals surface area contributed by atoms with Gasteiger partial charge in [0, 0.05) is 13.2 Å². The van der Waals surface area contributed by atoms with Crippen LogP contribution >= 0.6 is 0 Å². The summed E-state index contributed by atoms with van der Waals surface area (Å²) in [6, 6.07) is 0. The van der Waals surface area contributed by atoms with Gasteiger partial charge in [0.15, 0.2) is 0 Å². The fourth-order valence-electron chi connectivity index (χ4n) is 0.890. The van der Waals surface area contributed by atoms with Gasteiger partial charge in [-0.3, -0.25) is 0 Å². The number of aliphatic hydroxyl groups is 1. The Morgan fingerprint density at radius 1 is 1.29 bits per heavy atom. The summed E-state index contributed by atoms with van der Waals surface area (Å²) in [4.78, 5) is 10.9. The van der Waals surface area contributed by atoms with Crippen molar-refractivity contribution in [2.75, 3.05) is 26.3 Å². The van der Waals surface area contributed by atoms with E-state index in [1.54, 1.807) is 0 Å². The van der Waals surface area contributed by atoms with E-state index in [2.05, 4.69) is 5.32 Å². The van der Waals surface area contributed by atoms with E-state index in [1.165, 1.54) is 0 Å². The average molecular weight is 204 g/mol. The maximum absolute atomic E-state index is 10.9. The lowest BCUT2D eigenvalue weighted by molar-refractivity contribution is 0.144. The molecule has 0 aliphatic carbocycles. The number of unbranched alkanes of at least 4 members (excludes halogenated alkanes) is 2. The highest BCUT2D eigenvalue weighted by molar-refractivity contribution is 5.66. The molecular weight excluding hydrogens is 184 g/mol. The van der Waals surface area contributed by atoms with Crippen LogP contribution in [0.15, 0.2) is 0 Å². The second-order valence-electron chi connectivity index (χ2n) is 2.99. The molecule has 0 atom stereocenters. The third kappa shape index (κ3) is 9.28. The molecule has 0 radical (unpaired) electrons. The minimum absolute atomic E-state index is 0.160. The van der Waals surface area contributed by atoms with E-state index in [0.29, 0.717) is 26.1 Å². The van der Waals surface area contributed by atoms with Crippen LogP contribution in [0.1, 0.15) is 25.7 Å². The van der Waals surface area contributed by atoms with Crippen LogP contribution in [0, 0.1) is 0 Å². The summed E-state index contributed by atoms with van der Waals surface area (Å²) in [5, 5.41) is 11.1. The second-order valence-corrected chi connectivity index (χ2v) is 2.99. The van der Waals surface area contributed by atoms with Crippen molar-refractivity contribution >= 4 is 6.09 Å². The number of alkyl carbamates (subject to hydrolysis) is 1. The number of hydrogen-bond acceptors (Lipinski definition) is 4. The Morgan fingerprint density at radius 3 is 2.71 bits per heavy atom. The number of nitrogens with two attached hydrogens (primary N) is 1. The highest BCUT2D eigenvalue weighted by Crippen LogP contribution is 1.89. The van der Waals surface area contributed by atoms with E-state index in [-0.39, 0.29) is 12.7 Å². The minimum Gasteiger partial charge on any atom is -0.450 e. The molecule has 0 spiro atoms. The van der Waals surface area contributed by atoms with Crippen molar-refractivity contribution in [1.29, 1.82) is 0 Å². The third-order valence-corrected chi connectivity index (χ3v) is 1.69. The van der Waals surface area contributed by atoms with Gasteiger partial charge in [-0.2, -0.15) is 0 Å². The zero-order valence-electron chi connectivity index (χ0n) is 8.50. The zero-order chi connectivity index (χ0) is 10.6. The average Bonchev–Trinajstić information content (AvgIpc) is 2.19. The lowest BCUT2D eigenvalue weighted by Crippen LogP contribution is -2.25. The van der Waals surface area contributed by atoms with Crippen LogP contribution in [0.2, 0.25) is 0 Å². The van der Waals surface area contributed by atoms with Gasteiger partial charge in [0.05, 0.1) is 6.61 Å². The van der Waals surface area contributed by atoms with Crippen molar-refractivity contribution < 1.29 is 14.6 Å². The highest BCUT2D eigenvalue weighted by atomic mass is 16.5. The second kappa shape index (κ2) is 10.3. The van der Waals surface area contributed by atoms with Crippen molar-refractivity contribution in [3.63, 3.8) is 0 Å². The van der Waals surface area contributed by atoms with Crippen LogP contribution in [0.4, 0.5) is 4.79 Å². The first kappa shape index (κ1) is 13.2. The first-order valence-corrected chi connectivity index (χ1v) is 5.02. The van der Waals surface area contributed by atoms with Gasteiger partial charge in [-0.05, 0) is 32.2 Å². The van der Waals surface area contributed by atoms with E-state index in [1.807, 2.05) is 0 Å². The molecule has 0 saturated heterocycles. The Labute approximate surface area is 84.6 Å². The van der Waals surface area contributed by atoms with E-state index < -0.39 is 0 Å². The molecule has 0 bridgehead atoms. The van der Waals surface area contributed by atoms with Gasteiger partial charge >= 0.3 is 6.09 Å². The maximum Gasteiger partial charge on any atom is 0.407 e. The number of aliphatic hydroxyl groups excluding tert-OH is 1. The van der Waals surface area contributed by atoms with E-state index in [4.69, 9.17) is 15.6 Å². The molecule has 0 aromatic rings. The molecule has 0 heterocycles. The Bertz CT molecular complexity index is 128. The summed E-state index contributed by atoms with van der Waals surface area (Å²) in [6.07, 6.45) is 2.76. The Balaban J connectivity index is 3.11. The van der Waals surface area contributed by atoms with E-state index >= 15 is 0 Å². The van der Waals surface area contributed by atoms with Gasteiger partial charge in [0.2, 0.25) is 0 Å². The van der Waals surface area contributed by atoms with Crippen LogP contribution in [-0.4, -0.2) is 37.5 Å². The lowest BCUT2D eigenvalue weighted by atomic mass is 10.3. The summed E-state index contributed by atoms with van der Waals surface area (Å²) in [7, 11) is 0. The predicted molar refractivity (Wildman–Crippen MR) is 54.0 cm³/mol. The molecule has 0 aromatic heterocycles. The normalized spacial score (nSPS) is 9.86. The molecule has 5 nitrogen and oxygen atoms in total. The van der Waals surface area contributed by atoms with Gasteiger partial charge in [0.1, 0.15) is 0 Å². The molecule has 0 aliphatic heterocycles. The van der Waals surface area contributed by atoms with Gasteiger partial charge in [-0.15, -0.1) is 0 Å². The monoisotopic (exact) mass is 204 g/mol. The summed E-state index contributed by atoms with van der Waals surface area (Å²) in [5.74, 6) is 0. The number of carbonyl (C=O) groups is 1. The number of amides is 1. The topological polar surface area (TPSA) is 84.6 Å². The van der Waals surface area contributed by atoms with Gasteiger partial charge < -0.3 is 20.9 Å². The molecule has 0 aliphatic rings. The largest absolute Gasteiger partial charge is 0.450 e. The summed E-state index contributed by atoms with van der Waals surface area (Å²) < 4.78 is 4.86. The Kier molecular flexibility index (Phi) is 9.68. The number of carbonyl (C=O) groups excluding carboxylic acids is 1. The molecule has 0 fully saturated rings. The molecule has 0 rings (SSSR count). The quantitative estimate of drug-likeness (QED) is 0.494. The molecule has 84 valence electrons. The van der Waals surface area contributed by atoms with Gasteiger partial charge in [0.25, 0.3) is 0 Å². The summed E-state index contributed by atoms with van der Waals surface area (Å²) in [6.45, 7) is 1.76. The standard InChI is InChI=1S/C9H20N2O3/c10-5-1-4-8-14-9(13)11-6-2-3-7-12/h12H,1-8,10H2,(H,11,13). The maximum atomic E-state index is 10.9. The van der Waals surface area contributed by atoms with E-state index in [0.717, 1.165) is 19.3 Å². The number of hydrogen-bond donors (Lipinski definition) is 3. The summed E-state index contributed by atoms with van der Waals surface area (Å²) >= 11 is 0. The fourth-order valence-corrected chi connectivity index (χ4v) is 0.890. The van der Waals surface area contributed by atoms with Gasteiger partial charge in [-0.1, -0.05) is 0 Å². The van der Waals surface area contributed by atoms with E-state index in [9.17, 15) is 4.79 Å². The lowest BCUT2D eigenvalue weighted by Gasteiger charge is -2.05. The molecule has 0 unspecified atom stereocenters. The van der Waals surface area contributed by atoms with Crippen LogP contribution < -0.4 is 11.1 Å². The first-order valence-electron chi connectivity index (χ1n) is 5.02. The first-order chi connectivity index (χ1) is 6.81. The smallest absolute Gasteiger partial charge is 0.407 e. The van der Waals surface area contributed by atoms with Crippen molar-refractivity contribution in [2.24, 2.45) is 5.73 Å². The van der Waals surface area contributed by atoms with Crippen molar-refractivity contribution in [2.45, 2.75) is 25.7 Å². The van der Waals surface area contributed by atoms with Crippen LogP contribution in [0.3, 0.4) is 0 Å². The SMILES string of the molecule is NCCCCOC(=O)NCCCCO. The number of nitrogens with one attached hydrogen (secondary N) is 1. The predicted octanol–water partition coefficient (Wildman–Crippen LogP) is 0.224. The van der Waals surface area contributed by atoms with Crippen LogP contribution in [0.5, 0.6) is 0 Å². The third-order valence-electron chi connectivity index (χ3n) is 1.69. The van der Waals surface area contributed by atoms with Crippen LogP contribution in [0.25, 0.3) is 0 Å². The zero-order valence-corrected chi connectivity index (χ0v) is 8.50. The number of rotatable bonds is 8. The highest BCUT2D eigenvalue weighted by Gasteiger charge is 1.99. The Morgan fingerprint density at radius 2 is 2.07 bits per heavy atom. The molecule has 4 N–H and O–H groups in total.